The number of amides is 1. The van der Waals surface area contributed by atoms with Crippen LogP contribution in [-0.4, -0.2) is 39.8 Å². The van der Waals surface area contributed by atoms with Crippen molar-refractivity contribution in [1.29, 1.82) is 0 Å². The normalized spacial score (nSPS) is 16.7. The highest BCUT2D eigenvalue weighted by atomic mass is 16.1. The fourth-order valence-electron chi connectivity index (χ4n) is 3.31. The number of carbonyl (C=O) groups is 1. The first-order valence-electron chi connectivity index (χ1n) is 9.14. The fourth-order valence-corrected chi connectivity index (χ4v) is 3.31. The average Bonchev–Trinajstić information content (AvgIpc) is 2.94. The summed E-state index contributed by atoms with van der Waals surface area (Å²) in [6, 6.07) is 4.05. The summed E-state index contributed by atoms with van der Waals surface area (Å²) in [5, 5.41) is 3.00. The molecule has 2 aromatic rings. The molecule has 0 saturated carbocycles. The molecule has 0 atom stereocenters. The first-order chi connectivity index (χ1) is 11.7. The Morgan fingerprint density at radius 1 is 1.12 bits per heavy atom. The van der Waals surface area contributed by atoms with Crippen LogP contribution in [0.5, 0.6) is 0 Å². The van der Waals surface area contributed by atoms with Crippen molar-refractivity contribution in [2.45, 2.75) is 52.0 Å². The van der Waals surface area contributed by atoms with Gasteiger partial charge in [0.25, 0.3) is 0 Å². The number of imidazole rings is 1. The van der Waals surface area contributed by atoms with E-state index in [0.29, 0.717) is 13.0 Å². The van der Waals surface area contributed by atoms with Crippen molar-refractivity contribution in [3.63, 3.8) is 0 Å². The van der Waals surface area contributed by atoms with Gasteiger partial charge in [0, 0.05) is 25.4 Å². The molecule has 1 fully saturated rings. The zero-order valence-corrected chi connectivity index (χ0v) is 14.6. The highest BCUT2D eigenvalue weighted by Crippen LogP contribution is 2.11. The lowest BCUT2D eigenvalue weighted by atomic mass is 10.1. The number of pyridine rings is 1. The number of fused-ring (bicyclic) bond motifs is 1. The van der Waals surface area contributed by atoms with E-state index < -0.39 is 0 Å². The van der Waals surface area contributed by atoms with E-state index in [1.165, 1.54) is 37.7 Å². The van der Waals surface area contributed by atoms with Crippen LogP contribution < -0.4 is 5.32 Å². The average molecular weight is 328 g/mol. The Kier molecular flexibility index (Phi) is 5.86. The number of rotatable bonds is 5. The van der Waals surface area contributed by atoms with E-state index in [-0.39, 0.29) is 5.91 Å². The van der Waals surface area contributed by atoms with Crippen LogP contribution in [0.25, 0.3) is 5.65 Å². The van der Waals surface area contributed by atoms with Crippen molar-refractivity contribution in [3.8, 4) is 0 Å². The topological polar surface area (TPSA) is 49.6 Å². The molecule has 5 nitrogen and oxygen atoms in total. The van der Waals surface area contributed by atoms with E-state index in [1.54, 1.807) is 0 Å². The lowest BCUT2D eigenvalue weighted by molar-refractivity contribution is -0.121. The fraction of sp³-hybridized carbons (Fsp3) is 0.579. The zero-order chi connectivity index (χ0) is 16.8. The molecule has 0 aliphatic carbocycles. The van der Waals surface area contributed by atoms with Gasteiger partial charge in [0.05, 0.1) is 12.2 Å². The third kappa shape index (κ3) is 4.81. The second kappa shape index (κ2) is 8.29. The van der Waals surface area contributed by atoms with Gasteiger partial charge in [0.2, 0.25) is 5.91 Å². The number of aryl methyl sites for hydroxylation is 1. The summed E-state index contributed by atoms with van der Waals surface area (Å²) in [5.74, 6) is 0.116. The molecule has 0 bridgehead atoms. The predicted octanol–water partition coefficient (Wildman–Crippen LogP) is 2.92. The highest BCUT2D eigenvalue weighted by Gasteiger charge is 2.10. The summed E-state index contributed by atoms with van der Waals surface area (Å²) in [6.45, 7) is 5.71. The van der Waals surface area contributed by atoms with E-state index in [1.807, 2.05) is 22.7 Å². The van der Waals surface area contributed by atoms with Gasteiger partial charge in [0.15, 0.2) is 0 Å². The summed E-state index contributed by atoms with van der Waals surface area (Å²) in [5.41, 5.74) is 3.02. The molecule has 1 N–H and O–H groups in total. The lowest BCUT2D eigenvalue weighted by Crippen LogP contribution is -2.32. The second-order valence-electron chi connectivity index (χ2n) is 6.84. The van der Waals surface area contributed by atoms with Gasteiger partial charge in [-0.05, 0) is 44.5 Å². The van der Waals surface area contributed by atoms with Crippen molar-refractivity contribution >= 4 is 11.6 Å². The summed E-state index contributed by atoms with van der Waals surface area (Å²) in [6.07, 6.45) is 11.2. The molecule has 1 aliphatic heterocycles. The van der Waals surface area contributed by atoms with Gasteiger partial charge < -0.3 is 14.6 Å². The molecule has 0 spiro atoms. The van der Waals surface area contributed by atoms with Crippen LogP contribution in [0.2, 0.25) is 0 Å². The molecular formula is C19H28N4O. The molecule has 5 heteroatoms. The van der Waals surface area contributed by atoms with Gasteiger partial charge in [-0.1, -0.05) is 25.3 Å². The standard InChI is InChI=1S/C19H28N4O/c1-16-7-8-18-21-17(15-23(18)14-16)13-20-19(24)9-12-22-10-5-3-2-4-6-11-22/h7-8,14-15H,2-6,9-13H2,1H3,(H,20,24). The van der Waals surface area contributed by atoms with Crippen LogP contribution in [0.4, 0.5) is 0 Å². The molecule has 2 aromatic heterocycles. The quantitative estimate of drug-likeness (QED) is 0.918. The summed E-state index contributed by atoms with van der Waals surface area (Å²) >= 11 is 0. The number of nitrogens with zero attached hydrogens (tertiary/aromatic N) is 3. The van der Waals surface area contributed by atoms with Crippen LogP contribution in [0.3, 0.4) is 0 Å². The Hall–Kier alpha value is -1.88. The molecule has 0 unspecified atom stereocenters. The van der Waals surface area contributed by atoms with Crippen molar-refractivity contribution < 1.29 is 4.79 Å². The zero-order valence-electron chi connectivity index (χ0n) is 14.6. The van der Waals surface area contributed by atoms with Crippen LogP contribution in [0.15, 0.2) is 24.5 Å². The predicted molar refractivity (Wildman–Crippen MR) is 95.9 cm³/mol. The maximum absolute atomic E-state index is 12.1. The summed E-state index contributed by atoms with van der Waals surface area (Å²) in [4.78, 5) is 19.1. The molecule has 24 heavy (non-hydrogen) atoms. The van der Waals surface area contributed by atoms with Gasteiger partial charge in [-0.15, -0.1) is 0 Å². The minimum Gasteiger partial charge on any atom is -0.350 e. The number of aromatic nitrogens is 2. The smallest absolute Gasteiger partial charge is 0.221 e. The van der Waals surface area contributed by atoms with Gasteiger partial charge in [-0.25, -0.2) is 4.98 Å². The van der Waals surface area contributed by atoms with E-state index in [9.17, 15) is 4.79 Å². The van der Waals surface area contributed by atoms with Crippen molar-refractivity contribution in [2.24, 2.45) is 0 Å². The minimum atomic E-state index is 0.116. The highest BCUT2D eigenvalue weighted by molar-refractivity contribution is 5.76. The SMILES string of the molecule is Cc1ccc2nc(CNC(=O)CCN3CCCCCCC3)cn2c1. The maximum atomic E-state index is 12.1. The van der Waals surface area contributed by atoms with Gasteiger partial charge in [-0.2, -0.15) is 0 Å². The Balaban J connectivity index is 1.44. The van der Waals surface area contributed by atoms with Gasteiger partial charge >= 0.3 is 0 Å². The Bertz CT molecular complexity index is 671. The lowest BCUT2D eigenvalue weighted by Gasteiger charge is -2.24. The second-order valence-corrected chi connectivity index (χ2v) is 6.84. The van der Waals surface area contributed by atoms with E-state index in [4.69, 9.17) is 0 Å². The molecule has 3 rings (SSSR count). The summed E-state index contributed by atoms with van der Waals surface area (Å²) < 4.78 is 2.01. The molecule has 1 aliphatic rings. The molecule has 3 heterocycles. The Morgan fingerprint density at radius 2 is 1.88 bits per heavy atom. The van der Waals surface area contributed by atoms with E-state index >= 15 is 0 Å². The largest absolute Gasteiger partial charge is 0.350 e. The first-order valence-corrected chi connectivity index (χ1v) is 9.14. The van der Waals surface area contributed by atoms with Gasteiger partial charge in [0.1, 0.15) is 5.65 Å². The maximum Gasteiger partial charge on any atom is 0.221 e. The molecule has 130 valence electrons. The van der Waals surface area contributed by atoms with Crippen LogP contribution >= 0.6 is 0 Å². The Morgan fingerprint density at radius 3 is 2.67 bits per heavy atom. The molecule has 1 saturated heterocycles. The first kappa shape index (κ1) is 17.0. The van der Waals surface area contributed by atoms with Crippen molar-refractivity contribution in [3.05, 3.63) is 35.8 Å². The van der Waals surface area contributed by atoms with Crippen LogP contribution in [-0.2, 0) is 11.3 Å². The molecule has 0 radical (unpaired) electrons. The number of likely N-dealkylation sites (tertiary alicyclic amines) is 1. The molecule has 0 aromatic carbocycles. The number of carbonyl (C=O) groups excluding carboxylic acids is 1. The number of hydrogen-bond donors (Lipinski definition) is 1. The molecule has 1 amide bonds. The van der Waals surface area contributed by atoms with Gasteiger partial charge in [-0.3, -0.25) is 4.79 Å². The number of nitrogens with one attached hydrogen (secondary N) is 1. The molecular weight excluding hydrogens is 300 g/mol. The van der Waals surface area contributed by atoms with E-state index in [2.05, 4.69) is 28.3 Å². The van der Waals surface area contributed by atoms with Crippen molar-refractivity contribution in [1.82, 2.24) is 19.6 Å². The third-order valence-corrected chi connectivity index (χ3v) is 4.72. The summed E-state index contributed by atoms with van der Waals surface area (Å²) in [7, 11) is 0. The van der Waals surface area contributed by atoms with Crippen LogP contribution in [0, 0.1) is 6.92 Å². The minimum absolute atomic E-state index is 0.116. The van der Waals surface area contributed by atoms with Crippen molar-refractivity contribution in [2.75, 3.05) is 19.6 Å². The Labute approximate surface area is 144 Å². The monoisotopic (exact) mass is 328 g/mol. The van der Waals surface area contributed by atoms with Crippen LogP contribution in [0.1, 0.15) is 49.8 Å². The third-order valence-electron chi connectivity index (χ3n) is 4.72. The number of hydrogen-bond acceptors (Lipinski definition) is 3. The van der Waals surface area contributed by atoms with E-state index in [0.717, 1.165) is 31.0 Å².